The van der Waals surface area contributed by atoms with Crippen molar-refractivity contribution in [1.29, 1.82) is 0 Å². The second-order valence-electron chi connectivity index (χ2n) is 19.8. The molecule has 6 unspecified atom stereocenters. The van der Waals surface area contributed by atoms with Crippen molar-refractivity contribution in [3.63, 3.8) is 0 Å². The number of aliphatic hydroxyl groups excluding tert-OH is 2. The molecule has 2 aliphatic heterocycles. The number of nitrogens with one attached hydrogen (secondary N) is 4. The molecular formula is C52H68ClF4IN4O6Zn. The first kappa shape index (κ1) is 59.9. The van der Waals surface area contributed by atoms with Crippen molar-refractivity contribution in [3.05, 3.63) is 134 Å². The maximum absolute atomic E-state index is 13.6. The molecule has 0 saturated heterocycles. The molecule has 0 radical (unpaired) electrons. The van der Waals surface area contributed by atoms with E-state index >= 15 is 0 Å². The molecule has 2 aliphatic rings. The van der Waals surface area contributed by atoms with Gasteiger partial charge >= 0.3 is 27.0 Å². The van der Waals surface area contributed by atoms with E-state index in [4.69, 9.17) is 19.2 Å². The van der Waals surface area contributed by atoms with Gasteiger partial charge in [0, 0.05) is 78.7 Å². The van der Waals surface area contributed by atoms with E-state index in [1.54, 1.807) is 0 Å². The molecule has 0 saturated carbocycles. The summed E-state index contributed by atoms with van der Waals surface area (Å²) in [7, 11) is 4.76. The van der Waals surface area contributed by atoms with Crippen LogP contribution in [-0.2, 0) is 46.2 Å². The Balaban J connectivity index is 0.000000324. The van der Waals surface area contributed by atoms with Gasteiger partial charge in [0.15, 0.2) is 0 Å². The molecule has 0 aromatic heterocycles. The summed E-state index contributed by atoms with van der Waals surface area (Å²) < 4.78 is 66.8. The Hall–Kier alpha value is -3.38. The SMILES string of the molecule is CC(=O)NC(Cc1cc(F)cc(F)c1)C(O)CNC1CCOc2ccc(CC(C)(C)C)cc21.CC(=O)NC(Cc1cc(F)cc(F)c1)C(O)CNC1CCOc2ccc(I)cc21.[CH2-]C(C)(C)C.[Cl][Zn+]. The third-order valence-electron chi connectivity index (χ3n) is 10.5. The predicted octanol–water partition coefficient (Wildman–Crippen LogP) is 9.72. The van der Waals surface area contributed by atoms with Crippen LogP contribution in [0.3, 0.4) is 0 Å². The second kappa shape index (κ2) is 28.6. The third kappa shape index (κ3) is 22.7. The number of amides is 2. The maximum atomic E-state index is 13.6. The van der Waals surface area contributed by atoms with Crippen LogP contribution in [0.25, 0.3) is 0 Å². The van der Waals surface area contributed by atoms with Crippen molar-refractivity contribution in [3.8, 4) is 11.5 Å². The van der Waals surface area contributed by atoms with Gasteiger partial charge in [0.25, 0.3) is 0 Å². The van der Waals surface area contributed by atoms with Crippen LogP contribution in [0.2, 0.25) is 0 Å². The van der Waals surface area contributed by atoms with Gasteiger partial charge in [-0.15, -0.1) is 0 Å². The van der Waals surface area contributed by atoms with E-state index in [1.165, 1.54) is 43.7 Å². The third-order valence-corrected chi connectivity index (χ3v) is 11.1. The van der Waals surface area contributed by atoms with Gasteiger partial charge in [-0.2, -0.15) is 5.41 Å². The van der Waals surface area contributed by atoms with Gasteiger partial charge in [0.1, 0.15) is 34.8 Å². The number of carbonyl (C=O) groups excluding carboxylic acids is 2. The predicted molar refractivity (Wildman–Crippen MR) is 268 cm³/mol. The number of hydrogen-bond donors (Lipinski definition) is 6. The molecule has 4 aromatic carbocycles. The molecular weight excluding hydrogens is 1080 g/mol. The molecule has 0 aliphatic carbocycles. The summed E-state index contributed by atoms with van der Waals surface area (Å²) in [6, 6.07) is 17.2. The van der Waals surface area contributed by atoms with Gasteiger partial charge in [-0.3, -0.25) is 9.59 Å². The van der Waals surface area contributed by atoms with Crippen molar-refractivity contribution in [2.45, 2.75) is 124 Å². The normalized spacial score (nSPS) is 16.9. The number of rotatable bonds is 15. The summed E-state index contributed by atoms with van der Waals surface area (Å²) in [5.74, 6) is -1.76. The van der Waals surface area contributed by atoms with Crippen molar-refractivity contribution >= 4 is 44.1 Å². The quantitative estimate of drug-likeness (QED) is 0.0300. The first-order valence-corrected chi connectivity index (χ1v) is 27.9. The average Bonchev–Trinajstić information content (AvgIpc) is 3.23. The van der Waals surface area contributed by atoms with Crippen LogP contribution in [0, 0.1) is 44.6 Å². The molecule has 2 heterocycles. The number of benzene rings is 4. The Labute approximate surface area is 433 Å². The summed E-state index contributed by atoms with van der Waals surface area (Å²) in [5, 5.41) is 33.7. The van der Waals surface area contributed by atoms with Crippen LogP contribution in [0.1, 0.15) is 108 Å². The minimum atomic E-state index is -0.954. The fraction of sp³-hybridized carbons (Fsp3) is 0.481. The van der Waals surface area contributed by atoms with Crippen LogP contribution in [0.15, 0.2) is 72.8 Å². The molecule has 0 fully saturated rings. The summed E-state index contributed by atoms with van der Waals surface area (Å²) in [6.07, 6.45) is 0.753. The molecule has 2 amide bonds. The van der Waals surface area contributed by atoms with Crippen LogP contribution in [0.4, 0.5) is 17.6 Å². The summed E-state index contributed by atoms with van der Waals surface area (Å²) in [4.78, 5) is 23.3. The first-order valence-electron chi connectivity index (χ1n) is 22.9. The van der Waals surface area contributed by atoms with E-state index < -0.39 is 47.6 Å². The van der Waals surface area contributed by atoms with Crippen LogP contribution in [-0.4, -0.2) is 72.6 Å². The standard InChI is InChI=1S/C26H34F2N2O3.C21H23F2IN2O3.C5H11.ClH.Zn/c1-16(31)30-23(12-18-9-19(27)13-20(28)10-18)24(32)15-29-22-7-8-33-25-6-5-17(11-21(22)25)14-26(2,3)4;1-12(27)26-19(8-13-6-14(22)9-15(23)7-13)20(28)11-25-18-4-5-29-21-3-2-16(24)10-17(18)21;1-5(2,3)4;;/h5-6,9-11,13,22-24,29,32H,7-8,12,14-15H2,1-4H3,(H,30,31);2-3,6-7,9-10,18-20,25,28H,4-5,8,11H2,1H3,(H,26,27);1H2,2-4H3;1H;/q;;-1;;+2/p-1. The van der Waals surface area contributed by atoms with Crippen molar-refractivity contribution in [2.75, 3.05) is 26.3 Å². The van der Waals surface area contributed by atoms with E-state index in [0.717, 1.165) is 74.9 Å². The summed E-state index contributed by atoms with van der Waals surface area (Å²) >= 11 is 3.08. The topological polar surface area (TPSA) is 141 Å². The molecule has 4 aromatic rings. The van der Waals surface area contributed by atoms with Gasteiger partial charge < -0.3 is 47.9 Å². The fourth-order valence-corrected chi connectivity index (χ4v) is 8.34. The van der Waals surface area contributed by atoms with Crippen molar-refractivity contribution in [2.24, 2.45) is 10.8 Å². The van der Waals surface area contributed by atoms with Crippen molar-refractivity contribution in [1.82, 2.24) is 21.3 Å². The molecule has 6 atom stereocenters. The Morgan fingerprint density at radius 2 is 1.06 bits per heavy atom. The van der Waals surface area contributed by atoms with Gasteiger partial charge in [-0.05, 0) is 112 Å². The summed E-state index contributed by atoms with van der Waals surface area (Å²) in [6.45, 7) is 20.8. The van der Waals surface area contributed by atoms with Crippen molar-refractivity contribution < 1.29 is 64.1 Å². The van der Waals surface area contributed by atoms with Gasteiger partial charge in [-0.1, -0.05) is 53.7 Å². The number of aliphatic hydroxyl groups is 2. The number of halogens is 6. The monoisotopic (exact) mass is 1150 g/mol. The zero-order chi connectivity index (χ0) is 51.6. The van der Waals surface area contributed by atoms with E-state index in [9.17, 15) is 37.4 Å². The Kier molecular flexibility index (Phi) is 24.8. The fourth-order valence-electron chi connectivity index (χ4n) is 7.82. The molecule has 6 N–H and O–H groups in total. The minimum absolute atomic E-state index is 0.00656. The van der Waals surface area contributed by atoms with E-state index in [0.29, 0.717) is 24.3 Å². The van der Waals surface area contributed by atoms with E-state index in [-0.39, 0.29) is 60.7 Å². The first-order chi connectivity index (χ1) is 32.3. The molecule has 10 nitrogen and oxygen atoms in total. The Bertz CT molecular complexity index is 2220. The Morgan fingerprint density at radius 1 is 0.681 bits per heavy atom. The molecule has 376 valence electrons. The molecule has 69 heavy (non-hydrogen) atoms. The molecule has 6 rings (SSSR count). The van der Waals surface area contributed by atoms with E-state index in [2.05, 4.69) is 104 Å². The zero-order valence-electron chi connectivity index (χ0n) is 41.0. The van der Waals surface area contributed by atoms with Gasteiger partial charge in [0.2, 0.25) is 11.8 Å². The second-order valence-corrected chi connectivity index (χ2v) is 21.0. The summed E-state index contributed by atoms with van der Waals surface area (Å²) in [5.41, 5.74) is 4.45. The average molecular weight is 1150 g/mol. The van der Waals surface area contributed by atoms with Gasteiger partial charge in [-0.25, -0.2) is 17.6 Å². The number of carbonyl (C=O) groups is 2. The molecule has 0 spiro atoms. The number of fused-ring (bicyclic) bond motifs is 2. The van der Waals surface area contributed by atoms with Crippen LogP contribution in [0.5, 0.6) is 11.5 Å². The van der Waals surface area contributed by atoms with Crippen LogP contribution >= 0.6 is 32.3 Å². The van der Waals surface area contributed by atoms with Gasteiger partial charge in [0.05, 0.1) is 37.5 Å². The van der Waals surface area contributed by atoms with Crippen LogP contribution < -0.4 is 30.7 Å². The molecule has 0 bridgehead atoms. The molecule has 17 heteroatoms. The van der Waals surface area contributed by atoms with E-state index in [1.807, 2.05) is 24.3 Å². The number of hydrogen-bond acceptors (Lipinski definition) is 8. The Morgan fingerprint density at radius 3 is 1.43 bits per heavy atom. The zero-order valence-corrected chi connectivity index (χ0v) is 46.8. The number of ether oxygens (including phenoxy) is 2.